The van der Waals surface area contributed by atoms with Gasteiger partial charge in [-0.1, -0.05) is 30.3 Å². The number of pyridine rings is 1. The Bertz CT molecular complexity index is 1020. The summed E-state index contributed by atoms with van der Waals surface area (Å²) in [5, 5.41) is 4.60. The quantitative estimate of drug-likeness (QED) is 0.737. The predicted octanol–water partition coefficient (Wildman–Crippen LogP) is 4.12. The monoisotopic (exact) mass is 371 g/mol. The number of carbonyl (C=O) groups excluding carboxylic acids is 1. The van der Waals surface area contributed by atoms with Crippen molar-refractivity contribution in [1.29, 1.82) is 0 Å². The van der Waals surface area contributed by atoms with Gasteiger partial charge in [0.2, 0.25) is 0 Å². The fourth-order valence-electron chi connectivity index (χ4n) is 4.88. The fraction of sp³-hybridized carbons (Fsp3) is 0.333. The molecule has 4 nitrogen and oxygen atoms in total. The lowest BCUT2D eigenvalue weighted by Gasteiger charge is -2.40. The topological polar surface area (TPSA) is 45.2 Å². The Morgan fingerprint density at radius 3 is 2.89 bits per heavy atom. The zero-order chi connectivity index (χ0) is 19.0. The summed E-state index contributed by atoms with van der Waals surface area (Å²) in [6.45, 7) is 3.86. The van der Waals surface area contributed by atoms with Crippen molar-refractivity contribution in [3.05, 3.63) is 66.4 Å². The van der Waals surface area contributed by atoms with Gasteiger partial charge < -0.3 is 10.2 Å². The molecule has 1 atom stereocenters. The highest BCUT2D eigenvalue weighted by Gasteiger charge is 2.39. The number of para-hydroxylation sites is 1. The number of hydrogen-bond donors (Lipinski definition) is 1. The van der Waals surface area contributed by atoms with Crippen molar-refractivity contribution in [2.45, 2.75) is 19.3 Å². The van der Waals surface area contributed by atoms with Crippen molar-refractivity contribution in [2.24, 2.45) is 5.41 Å². The second-order valence-corrected chi connectivity index (χ2v) is 8.21. The first kappa shape index (κ1) is 17.4. The van der Waals surface area contributed by atoms with E-state index in [1.54, 1.807) is 0 Å². The van der Waals surface area contributed by atoms with Crippen molar-refractivity contribution >= 4 is 16.8 Å². The minimum atomic E-state index is 0.159. The zero-order valence-corrected chi connectivity index (χ0v) is 16.0. The largest absolute Gasteiger partial charge is 0.338 e. The van der Waals surface area contributed by atoms with E-state index in [0.29, 0.717) is 0 Å². The molecule has 2 saturated heterocycles. The van der Waals surface area contributed by atoms with Gasteiger partial charge in [-0.15, -0.1) is 0 Å². The lowest BCUT2D eigenvalue weighted by atomic mass is 9.79. The molecule has 4 heteroatoms. The Morgan fingerprint density at radius 2 is 2.00 bits per heavy atom. The van der Waals surface area contributed by atoms with Gasteiger partial charge in [0.1, 0.15) is 0 Å². The number of aromatic nitrogens is 1. The van der Waals surface area contributed by atoms with E-state index in [0.717, 1.165) is 60.2 Å². The normalized spacial score (nSPS) is 22.1. The number of rotatable bonds is 2. The number of amides is 1. The van der Waals surface area contributed by atoms with Gasteiger partial charge in [0.25, 0.3) is 5.91 Å². The van der Waals surface area contributed by atoms with Crippen LogP contribution in [0.25, 0.3) is 22.0 Å². The summed E-state index contributed by atoms with van der Waals surface area (Å²) in [7, 11) is 0. The number of likely N-dealkylation sites (tertiary alicyclic amines) is 1. The molecule has 1 aromatic heterocycles. The maximum atomic E-state index is 13.3. The molecule has 0 unspecified atom stereocenters. The van der Waals surface area contributed by atoms with Crippen LogP contribution in [0, 0.1) is 5.41 Å². The SMILES string of the molecule is O=C(c1cccc(-c2ccnc3ccccc23)c1)N1CCC[C@]2(CCNC2)C1. The molecule has 2 aliphatic rings. The van der Waals surface area contributed by atoms with Crippen LogP contribution in [-0.2, 0) is 0 Å². The lowest BCUT2D eigenvalue weighted by Crippen LogP contribution is -2.47. The molecule has 0 bridgehead atoms. The summed E-state index contributed by atoms with van der Waals surface area (Å²) in [5.41, 5.74) is 4.23. The van der Waals surface area contributed by atoms with Gasteiger partial charge in [0, 0.05) is 42.2 Å². The lowest BCUT2D eigenvalue weighted by molar-refractivity contribution is 0.0553. The van der Waals surface area contributed by atoms with Gasteiger partial charge in [0.05, 0.1) is 5.52 Å². The summed E-state index contributed by atoms with van der Waals surface area (Å²) >= 11 is 0. The fourth-order valence-corrected chi connectivity index (χ4v) is 4.88. The molecular formula is C24H25N3O. The van der Waals surface area contributed by atoms with Crippen molar-refractivity contribution in [3.8, 4) is 11.1 Å². The molecule has 0 saturated carbocycles. The summed E-state index contributed by atoms with van der Waals surface area (Å²) in [4.78, 5) is 19.8. The van der Waals surface area contributed by atoms with E-state index in [1.807, 2.05) is 48.7 Å². The Morgan fingerprint density at radius 1 is 1.07 bits per heavy atom. The van der Waals surface area contributed by atoms with Gasteiger partial charge in [-0.3, -0.25) is 9.78 Å². The van der Waals surface area contributed by atoms with Gasteiger partial charge in [-0.25, -0.2) is 0 Å². The molecule has 0 radical (unpaired) electrons. The molecule has 28 heavy (non-hydrogen) atoms. The van der Waals surface area contributed by atoms with Crippen LogP contribution in [-0.4, -0.2) is 42.0 Å². The van der Waals surface area contributed by atoms with Gasteiger partial charge >= 0.3 is 0 Å². The molecule has 2 aliphatic heterocycles. The molecule has 3 aromatic rings. The average molecular weight is 371 g/mol. The zero-order valence-electron chi connectivity index (χ0n) is 16.0. The highest BCUT2D eigenvalue weighted by Crippen LogP contribution is 2.36. The van der Waals surface area contributed by atoms with Crippen LogP contribution in [0.5, 0.6) is 0 Å². The minimum absolute atomic E-state index is 0.159. The Kier molecular flexibility index (Phi) is 4.36. The first-order valence-corrected chi connectivity index (χ1v) is 10.2. The molecule has 2 fully saturated rings. The molecule has 5 rings (SSSR count). The maximum Gasteiger partial charge on any atom is 0.253 e. The van der Waals surface area contributed by atoms with E-state index in [1.165, 1.54) is 12.8 Å². The molecule has 3 heterocycles. The summed E-state index contributed by atoms with van der Waals surface area (Å²) < 4.78 is 0. The number of nitrogens with zero attached hydrogens (tertiary/aromatic N) is 2. The van der Waals surface area contributed by atoms with Crippen molar-refractivity contribution in [3.63, 3.8) is 0 Å². The summed E-state index contributed by atoms with van der Waals surface area (Å²) in [5.74, 6) is 0.159. The number of fused-ring (bicyclic) bond motifs is 1. The van der Waals surface area contributed by atoms with E-state index in [4.69, 9.17) is 0 Å². The van der Waals surface area contributed by atoms with E-state index in [9.17, 15) is 4.79 Å². The predicted molar refractivity (Wildman–Crippen MR) is 112 cm³/mol. The van der Waals surface area contributed by atoms with Crippen LogP contribution in [0.4, 0.5) is 0 Å². The maximum absolute atomic E-state index is 13.3. The average Bonchev–Trinajstić information content (AvgIpc) is 3.20. The van der Waals surface area contributed by atoms with E-state index < -0.39 is 0 Å². The number of hydrogen-bond acceptors (Lipinski definition) is 3. The van der Waals surface area contributed by atoms with Gasteiger partial charge in [-0.2, -0.15) is 0 Å². The van der Waals surface area contributed by atoms with Crippen LogP contribution >= 0.6 is 0 Å². The van der Waals surface area contributed by atoms with Crippen LogP contribution in [0.1, 0.15) is 29.6 Å². The molecule has 1 N–H and O–H groups in total. The molecule has 1 spiro atoms. The van der Waals surface area contributed by atoms with E-state index in [-0.39, 0.29) is 11.3 Å². The van der Waals surface area contributed by atoms with E-state index in [2.05, 4.69) is 27.3 Å². The first-order chi connectivity index (χ1) is 13.7. The third-order valence-electron chi connectivity index (χ3n) is 6.35. The van der Waals surface area contributed by atoms with Crippen molar-refractivity contribution in [1.82, 2.24) is 15.2 Å². The second kappa shape index (κ2) is 7.02. The number of carbonyl (C=O) groups is 1. The first-order valence-electron chi connectivity index (χ1n) is 10.2. The number of benzene rings is 2. The smallest absolute Gasteiger partial charge is 0.253 e. The Balaban J connectivity index is 1.46. The Labute approximate surface area is 165 Å². The van der Waals surface area contributed by atoms with Crippen LogP contribution in [0.2, 0.25) is 0 Å². The summed E-state index contributed by atoms with van der Waals surface area (Å²) in [6, 6.07) is 18.2. The molecule has 2 aromatic carbocycles. The van der Waals surface area contributed by atoms with Crippen molar-refractivity contribution < 1.29 is 4.79 Å². The minimum Gasteiger partial charge on any atom is -0.338 e. The third kappa shape index (κ3) is 3.08. The van der Waals surface area contributed by atoms with Crippen LogP contribution < -0.4 is 5.32 Å². The number of nitrogens with one attached hydrogen (secondary N) is 1. The molecule has 1 amide bonds. The third-order valence-corrected chi connectivity index (χ3v) is 6.35. The Hall–Kier alpha value is -2.72. The van der Waals surface area contributed by atoms with E-state index >= 15 is 0 Å². The number of piperidine rings is 1. The van der Waals surface area contributed by atoms with Crippen molar-refractivity contribution in [2.75, 3.05) is 26.2 Å². The summed E-state index contributed by atoms with van der Waals surface area (Å²) in [6.07, 6.45) is 5.35. The standard InChI is InChI=1S/C24H25N3O/c28-23(27-14-4-10-24(17-27)11-13-25-16-24)19-6-3-5-18(15-19)20-9-12-26-22-8-2-1-7-21(20)22/h1-3,5-9,12,15,25H,4,10-11,13-14,16-17H2/t24-/m1/s1. The van der Waals surface area contributed by atoms with Crippen LogP contribution in [0.15, 0.2) is 60.8 Å². The van der Waals surface area contributed by atoms with Gasteiger partial charge in [-0.05, 0) is 61.2 Å². The van der Waals surface area contributed by atoms with Gasteiger partial charge in [0.15, 0.2) is 0 Å². The second-order valence-electron chi connectivity index (χ2n) is 8.21. The molecule has 0 aliphatic carbocycles. The van der Waals surface area contributed by atoms with Crippen LogP contribution in [0.3, 0.4) is 0 Å². The molecule has 142 valence electrons. The highest BCUT2D eigenvalue weighted by atomic mass is 16.2. The molecular weight excluding hydrogens is 346 g/mol. The highest BCUT2D eigenvalue weighted by molar-refractivity contribution is 5.98.